The molecule has 0 bridgehead atoms. The van der Waals surface area contributed by atoms with Crippen LogP contribution in [0.1, 0.15) is 67.9 Å². The summed E-state index contributed by atoms with van der Waals surface area (Å²) < 4.78 is 0. The number of carbonyl (C=O) groups is 2. The highest BCUT2D eigenvalue weighted by atomic mass is 16.4. The number of hydrogen-bond donors (Lipinski definition) is 4. The number of carbonyl (C=O) groups excluding carboxylic acids is 1. The molecule has 2 saturated heterocycles. The Labute approximate surface area is 205 Å². The molecule has 2 aromatic rings. The van der Waals surface area contributed by atoms with E-state index in [9.17, 15) is 9.59 Å². The van der Waals surface area contributed by atoms with Crippen LogP contribution in [0.25, 0.3) is 0 Å². The van der Waals surface area contributed by atoms with E-state index < -0.39 is 12.0 Å². The molecule has 0 aliphatic carbocycles. The number of nitrogens with zero attached hydrogens (tertiary/aromatic N) is 5. The molecule has 5 N–H and O–H groups in total. The Morgan fingerprint density at radius 3 is 2.51 bits per heavy atom. The lowest BCUT2D eigenvalue weighted by molar-refractivity contribution is 0.100. The summed E-state index contributed by atoms with van der Waals surface area (Å²) in [6, 6.07) is 3.74. The van der Waals surface area contributed by atoms with Crippen LogP contribution in [-0.2, 0) is 0 Å². The van der Waals surface area contributed by atoms with Crippen LogP contribution in [-0.4, -0.2) is 64.3 Å². The molecule has 4 heterocycles. The molecule has 11 nitrogen and oxygen atoms in total. The summed E-state index contributed by atoms with van der Waals surface area (Å²) in [7, 11) is 0. The Hall–Kier alpha value is -3.63. The van der Waals surface area contributed by atoms with Gasteiger partial charge in [0.2, 0.25) is 5.95 Å². The summed E-state index contributed by atoms with van der Waals surface area (Å²) >= 11 is 0. The Kier molecular flexibility index (Phi) is 7.52. The molecule has 35 heavy (non-hydrogen) atoms. The van der Waals surface area contributed by atoms with Gasteiger partial charge in [-0.05, 0) is 44.1 Å². The molecule has 1 atom stereocenters. The van der Waals surface area contributed by atoms with Crippen molar-refractivity contribution >= 4 is 35.3 Å². The van der Waals surface area contributed by atoms with Crippen LogP contribution in [0.2, 0.25) is 0 Å². The summed E-state index contributed by atoms with van der Waals surface area (Å²) in [5, 5.41) is 14.9. The van der Waals surface area contributed by atoms with Gasteiger partial charge in [0.25, 0.3) is 5.91 Å². The average Bonchev–Trinajstić information content (AvgIpc) is 2.84. The van der Waals surface area contributed by atoms with Crippen LogP contribution in [0.3, 0.4) is 0 Å². The fraction of sp³-hybridized carbons (Fsp3) is 0.542. The summed E-state index contributed by atoms with van der Waals surface area (Å²) in [5.74, 6) is 1.25. The van der Waals surface area contributed by atoms with Gasteiger partial charge in [0.1, 0.15) is 17.2 Å². The van der Waals surface area contributed by atoms with Crippen molar-refractivity contribution in [2.75, 3.05) is 41.3 Å². The zero-order valence-electron chi connectivity index (χ0n) is 20.3. The largest absolute Gasteiger partial charge is 0.465 e. The first-order chi connectivity index (χ1) is 16.8. The molecule has 2 amide bonds. The van der Waals surface area contributed by atoms with Gasteiger partial charge < -0.3 is 31.3 Å². The number of piperidine rings is 2. The Morgan fingerprint density at radius 1 is 1.09 bits per heavy atom. The van der Waals surface area contributed by atoms with Gasteiger partial charge in [-0.1, -0.05) is 13.8 Å². The average molecular weight is 483 g/mol. The molecule has 0 radical (unpaired) electrons. The van der Waals surface area contributed by atoms with Crippen LogP contribution < -0.4 is 26.2 Å². The lowest BCUT2D eigenvalue weighted by Gasteiger charge is -2.32. The molecule has 0 unspecified atom stereocenters. The SMILES string of the molecule is CC(C)c1cc(Nc2nc(N3CCC[C@H](NC(=O)O)C3)ncc2C(N)=O)cc(N2CCCCC2)n1. The monoisotopic (exact) mass is 482 g/mol. The minimum Gasteiger partial charge on any atom is -0.465 e. The van der Waals surface area contributed by atoms with Crippen molar-refractivity contribution in [3.05, 3.63) is 29.6 Å². The van der Waals surface area contributed by atoms with Crippen molar-refractivity contribution in [3.8, 4) is 0 Å². The number of anilines is 4. The van der Waals surface area contributed by atoms with Crippen molar-refractivity contribution in [3.63, 3.8) is 0 Å². The minimum absolute atomic E-state index is 0.188. The number of amides is 2. The molecule has 2 aromatic heterocycles. The zero-order chi connectivity index (χ0) is 24.9. The van der Waals surface area contributed by atoms with Crippen LogP contribution in [0.15, 0.2) is 18.3 Å². The fourth-order valence-corrected chi connectivity index (χ4v) is 4.58. The van der Waals surface area contributed by atoms with E-state index in [4.69, 9.17) is 15.8 Å². The summed E-state index contributed by atoms with van der Waals surface area (Å²) in [4.78, 5) is 41.3. The normalized spacial score (nSPS) is 18.4. The first-order valence-electron chi connectivity index (χ1n) is 12.3. The van der Waals surface area contributed by atoms with Gasteiger partial charge in [0.15, 0.2) is 0 Å². The van der Waals surface area contributed by atoms with E-state index in [0.717, 1.165) is 56.0 Å². The van der Waals surface area contributed by atoms with Crippen molar-refractivity contribution in [2.24, 2.45) is 5.73 Å². The van der Waals surface area contributed by atoms with E-state index >= 15 is 0 Å². The Bertz CT molecular complexity index is 1070. The first-order valence-corrected chi connectivity index (χ1v) is 12.3. The molecular formula is C24H34N8O3. The van der Waals surface area contributed by atoms with Crippen LogP contribution in [0, 0.1) is 0 Å². The van der Waals surface area contributed by atoms with E-state index in [1.165, 1.54) is 12.6 Å². The van der Waals surface area contributed by atoms with Crippen LogP contribution in [0.4, 0.5) is 28.1 Å². The maximum atomic E-state index is 12.2. The fourth-order valence-electron chi connectivity index (χ4n) is 4.58. The topological polar surface area (TPSA) is 150 Å². The number of rotatable bonds is 7. The lowest BCUT2D eigenvalue weighted by atomic mass is 10.1. The third-order valence-corrected chi connectivity index (χ3v) is 6.44. The molecule has 188 valence electrons. The number of aromatic nitrogens is 3. The molecule has 0 spiro atoms. The molecule has 0 aromatic carbocycles. The summed E-state index contributed by atoms with van der Waals surface area (Å²) in [6.07, 6.45) is 5.45. The van der Waals surface area contributed by atoms with Crippen LogP contribution >= 0.6 is 0 Å². The molecule has 2 fully saturated rings. The van der Waals surface area contributed by atoms with Crippen molar-refractivity contribution in [1.82, 2.24) is 20.3 Å². The molecule has 11 heteroatoms. The maximum absolute atomic E-state index is 12.2. The van der Waals surface area contributed by atoms with Crippen molar-refractivity contribution in [1.29, 1.82) is 0 Å². The molecule has 2 aliphatic heterocycles. The number of hydrogen-bond acceptors (Lipinski definition) is 8. The Balaban J connectivity index is 1.64. The molecule has 2 aliphatic rings. The van der Waals surface area contributed by atoms with Gasteiger partial charge in [-0.15, -0.1) is 0 Å². The molecule has 4 rings (SSSR count). The Morgan fingerprint density at radius 2 is 1.83 bits per heavy atom. The number of nitrogens with one attached hydrogen (secondary N) is 2. The minimum atomic E-state index is -1.05. The van der Waals surface area contributed by atoms with Gasteiger partial charge in [-0.25, -0.2) is 14.8 Å². The maximum Gasteiger partial charge on any atom is 0.404 e. The number of nitrogens with two attached hydrogens (primary N) is 1. The standard InChI is InChI=1S/C24H34N8O3/c1-15(2)19-11-17(12-20(29-19)31-8-4-3-5-9-31)27-22-18(21(25)33)13-26-23(30-22)32-10-6-7-16(14-32)28-24(34)35/h11-13,15-16,28H,3-10,14H2,1-2H3,(H2,25,33)(H,34,35)(H,26,27,29,30)/t16-/m0/s1. The van der Waals surface area contributed by atoms with E-state index in [1.54, 1.807) is 0 Å². The summed E-state index contributed by atoms with van der Waals surface area (Å²) in [6.45, 7) is 7.28. The number of pyridine rings is 1. The van der Waals surface area contributed by atoms with Gasteiger partial charge in [0.05, 0.1) is 0 Å². The van der Waals surface area contributed by atoms with Crippen LogP contribution in [0.5, 0.6) is 0 Å². The van der Waals surface area contributed by atoms with Crippen molar-refractivity contribution in [2.45, 2.75) is 57.9 Å². The predicted molar refractivity (Wildman–Crippen MR) is 135 cm³/mol. The number of carboxylic acid groups (broad SMARTS) is 1. The van der Waals surface area contributed by atoms with E-state index in [-0.39, 0.29) is 17.5 Å². The zero-order valence-corrected chi connectivity index (χ0v) is 20.3. The quantitative estimate of drug-likeness (QED) is 0.467. The highest BCUT2D eigenvalue weighted by molar-refractivity contribution is 5.98. The third-order valence-electron chi connectivity index (χ3n) is 6.44. The first kappa shape index (κ1) is 24.5. The van der Waals surface area contributed by atoms with Gasteiger partial charge in [-0.2, -0.15) is 4.98 Å². The third kappa shape index (κ3) is 6.09. The van der Waals surface area contributed by atoms with Gasteiger partial charge in [-0.3, -0.25) is 4.79 Å². The molecule has 0 saturated carbocycles. The van der Waals surface area contributed by atoms with Gasteiger partial charge >= 0.3 is 6.09 Å². The highest BCUT2D eigenvalue weighted by Gasteiger charge is 2.25. The smallest absolute Gasteiger partial charge is 0.404 e. The lowest BCUT2D eigenvalue weighted by Crippen LogP contribution is -2.48. The van der Waals surface area contributed by atoms with E-state index in [1.807, 2.05) is 17.0 Å². The second-order valence-corrected chi connectivity index (χ2v) is 9.50. The van der Waals surface area contributed by atoms with E-state index in [2.05, 4.69) is 39.3 Å². The predicted octanol–water partition coefficient (Wildman–Crippen LogP) is 3.06. The van der Waals surface area contributed by atoms with E-state index in [0.29, 0.717) is 24.9 Å². The molecular weight excluding hydrogens is 448 g/mol. The second-order valence-electron chi connectivity index (χ2n) is 9.50. The van der Waals surface area contributed by atoms with Gasteiger partial charge in [0, 0.05) is 55.9 Å². The second kappa shape index (κ2) is 10.7. The van der Waals surface area contributed by atoms with Crippen molar-refractivity contribution < 1.29 is 14.7 Å². The highest BCUT2D eigenvalue weighted by Crippen LogP contribution is 2.29. The number of primary amides is 1. The summed E-state index contributed by atoms with van der Waals surface area (Å²) in [5.41, 5.74) is 7.55.